The first-order chi connectivity index (χ1) is 13.7. The minimum Gasteiger partial charge on any atom is -0.451 e. The van der Waals surface area contributed by atoms with E-state index in [9.17, 15) is 17.6 Å². The van der Waals surface area contributed by atoms with Crippen LogP contribution in [0.3, 0.4) is 0 Å². The van der Waals surface area contributed by atoms with E-state index >= 15 is 0 Å². The highest BCUT2D eigenvalue weighted by Crippen LogP contribution is 2.31. The van der Waals surface area contributed by atoms with Crippen LogP contribution < -0.4 is 0 Å². The Bertz CT molecular complexity index is 1200. The van der Waals surface area contributed by atoms with Gasteiger partial charge in [-0.1, -0.05) is 29.8 Å². The summed E-state index contributed by atoms with van der Waals surface area (Å²) in [7, 11) is -3.23. The molecule has 5 nitrogen and oxygen atoms in total. The second-order valence-electron chi connectivity index (χ2n) is 7.28. The number of hydrogen-bond acceptors (Lipinski definition) is 4. The number of benzene rings is 2. The van der Waals surface area contributed by atoms with Crippen molar-refractivity contribution in [3.8, 4) is 0 Å². The van der Waals surface area contributed by atoms with E-state index in [4.69, 9.17) is 16.0 Å². The maximum Gasteiger partial charge on any atom is 0.290 e. The average Bonchev–Trinajstić information content (AvgIpc) is 3.20. The third-order valence-corrected chi connectivity index (χ3v) is 7.29. The zero-order chi connectivity index (χ0) is 20.8. The van der Waals surface area contributed by atoms with Crippen molar-refractivity contribution in [1.82, 2.24) is 4.90 Å². The number of amides is 1. The first-order valence-electron chi connectivity index (χ1n) is 9.18. The molecule has 29 heavy (non-hydrogen) atoms. The number of fused-ring (bicyclic) bond motifs is 1. The Balaban J connectivity index is 1.75. The molecule has 0 bridgehead atoms. The molecule has 1 amide bonds. The van der Waals surface area contributed by atoms with Gasteiger partial charge in [0.1, 0.15) is 11.4 Å². The van der Waals surface area contributed by atoms with Crippen molar-refractivity contribution < 1.29 is 22.0 Å². The first-order valence-corrected chi connectivity index (χ1v) is 11.4. The second-order valence-corrected chi connectivity index (χ2v) is 9.94. The molecule has 2 heterocycles. The molecule has 152 valence electrons. The van der Waals surface area contributed by atoms with Gasteiger partial charge < -0.3 is 9.32 Å². The lowest BCUT2D eigenvalue weighted by molar-refractivity contribution is 0.0647. The number of nitrogens with zero attached hydrogens (tertiary/aromatic N) is 1. The van der Waals surface area contributed by atoms with Crippen LogP contribution in [0.4, 0.5) is 4.39 Å². The van der Waals surface area contributed by atoms with Crippen LogP contribution in [0.5, 0.6) is 0 Å². The number of furan rings is 1. The molecule has 1 saturated heterocycles. The van der Waals surface area contributed by atoms with Crippen LogP contribution in [-0.4, -0.2) is 36.8 Å². The summed E-state index contributed by atoms with van der Waals surface area (Å²) < 4.78 is 44.1. The molecule has 2 aromatic carbocycles. The fraction of sp³-hybridized carbons (Fsp3) is 0.286. The van der Waals surface area contributed by atoms with Crippen LogP contribution in [0.25, 0.3) is 11.0 Å². The smallest absolute Gasteiger partial charge is 0.290 e. The topological polar surface area (TPSA) is 67.6 Å². The molecule has 4 rings (SSSR count). The molecule has 8 heteroatoms. The zero-order valence-corrected chi connectivity index (χ0v) is 17.3. The molecule has 0 unspecified atom stereocenters. The van der Waals surface area contributed by atoms with E-state index < -0.39 is 27.6 Å². The SMILES string of the molecule is Cc1c(C(=O)N(Cc2ccccc2F)[C@H]2CCS(=O)(=O)C2)oc2ccc(Cl)cc12. The fourth-order valence-electron chi connectivity index (χ4n) is 3.73. The lowest BCUT2D eigenvalue weighted by Crippen LogP contribution is -2.41. The quantitative estimate of drug-likeness (QED) is 0.610. The maximum absolute atomic E-state index is 14.3. The van der Waals surface area contributed by atoms with Gasteiger partial charge in [0.2, 0.25) is 0 Å². The van der Waals surface area contributed by atoms with Crippen molar-refractivity contribution in [2.75, 3.05) is 11.5 Å². The number of hydrogen-bond donors (Lipinski definition) is 0. The molecule has 1 aromatic heterocycles. The molecule has 1 aliphatic rings. The van der Waals surface area contributed by atoms with E-state index in [1.165, 1.54) is 11.0 Å². The molecule has 0 saturated carbocycles. The number of halogens is 2. The summed E-state index contributed by atoms with van der Waals surface area (Å²) in [6, 6.07) is 10.7. The van der Waals surface area contributed by atoms with Crippen molar-refractivity contribution in [2.45, 2.75) is 25.9 Å². The number of carbonyl (C=O) groups excluding carboxylic acids is 1. The highest BCUT2D eigenvalue weighted by molar-refractivity contribution is 7.91. The van der Waals surface area contributed by atoms with Crippen LogP contribution in [0.2, 0.25) is 5.02 Å². The predicted molar refractivity (Wildman–Crippen MR) is 109 cm³/mol. The number of rotatable bonds is 4. The molecule has 3 aromatic rings. The lowest BCUT2D eigenvalue weighted by atomic mass is 10.1. The molecule has 0 spiro atoms. The van der Waals surface area contributed by atoms with Crippen LogP contribution in [0, 0.1) is 12.7 Å². The molecular weight excluding hydrogens is 417 g/mol. The van der Waals surface area contributed by atoms with Gasteiger partial charge in [0, 0.05) is 34.1 Å². The summed E-state index contributed by atoms with van der Waals surface area (Å²) in [6.45, 7) is 1.71. The number of aryl methyl sites for hydroxylation is 1. The molecule has 1 atom stereocenters. The van der Waals surface area contributed by atoms with Gasteiger partial charge in [-0.3, -0.25) is 4.79 Å². The lowest BCUT2D eigenvalue weighted by Gasteiger charge is -2.28. The van der Waals surface area contributed by atoms with Crippen LogP contribution in [0.15, 0.2) is 46.9 Å². The number of carbonyl (C=O) groups is 1. The van der Waals surface area contributed by atoms with Gasteiger partial charge in [-0.15, -0.1) is 0 Å². The standard InChI is InChI=1S/C21H19ClFNO4S/c1-13-17-10-15(22)6-7-19(17)28-20(13)21(25)24(16-8-9-29(26,27)12-16)11-14-4-2-3-5-18(14)23/h2-7,10,16H,8-9,11-12H2,1H3/t16-/m0/s1. The Kier molecular flexibility index (Phi) is 5.12. The second kappa shape index (κ2) is 7.46. The molecule has 1 fully saturated rings. The van der Waals surface area contributed by atoms with Crippen molar-refractivity contribution in [3.63, 3.8) is 0 Å². The van der Waals surface area contributed by atoms with Gasteiger partial charge in [0.15, 0.2) is 15.6 Å². The molecule has 0 aliphatic carbocycles. The van der Waals surface area contributed by atoms with Gasteiger partial charge in [0.05, 0.1) is 11.5 Å². The van der Waals surface area contributed by atoms with Gasteiger partial charge >= 0.3 is 0 Å². The monoisotopic (exact) mass is 435 g/mol. The summed E-state index contributed by atoms with van der Waals surface area (Å²) in [5, 5.41) is 1.23. The normalized spacial score (nSPS) is 18.2. The van der Waals surface area contributed by atoms with Gasteiger partial charge in [-0.2, -0.15) is 0 Å². The van der Waals surface area contributed by atoms with Crippen molar-refractivity contribution >= 4 is 38.3 Å². The van der Waals surface area contributed by atoms with E-state index in [1.807, 2.05) is 0 Å². The van der Waals surface area contributed by atoms with E-state index in [2.05, 4.69) is 0 Å². The largest absolute Gasteiger partial charge is 0.451 e. The number of sulfone groups is 1. The summed E-state index contributed by atoms with van der Waals surface area (Å²) in [6.07, 6.45) is 0.313. The predicted octanol–water partition coefficient (Wildman–Crippen LogP) is 4.36. The minimum absolute atomic E-state index is 0.00738. The zero-order valence-electron chi connectivity index (χ0n) is 15.7. The summed E-state index contributed by atoms with van der Waals surface area (Å²) in [5.74, 6) is -0.923. The van der Waals surface area contributed by atoms with Gasteiger partial charge in [0.25, 0.3) is 5.91 Å². The van der Waals surface area contributed by atoms with Crippen LogP contribution in [-0.2, 0) is 16.4 Å². The van der Waals surface area contributed by atoms with Crippen molar-refractivity contribution in [2.24, 2.45) is 0 Å². The first kappa shape index (κ1) is 19.9. The van der Waals surface area contributed by atoms with Gasteiger partial charge in [-0.05, 0) is 37.6 Å². The Morgan fingerprint density at radius 2 is 2.03 bits per heavy atom. The van der Waals surface area contributed by atoms with E-state index in [0.29, 0.717) is 33.5 Å². The molecular formula is C21H19ClFNO4S. The summed E-state index contributed by atoms with van der Waals surface area (Å²) >= 11 is 6.06. The van der Waals surface area contributed by atoms with Gasteiger partial charge in [-0.25, -0.2) is 12.8 Å². The van der Waals surface area contributed by atoms with Crippen LogP contribution >= 0.6 is 11.6 Å². The highest BCUT2D eigenvalue weighted by atomic mass is 35.5. The maximum atomic E-state index is 14.3. The minimum atomic E-state index is -3.23. The summed E-state index contributed by atoms with van der Waals surface area (Å²) in [4.78, 5) is 14.8. The highest BCUT2D eigenvalue weighted by Gasteiger charge is 2.37. The molecule has 1 aliphatic heterocycles. The fourth-order valence-corrected chi connectivity index (χ4v) is 5.63. The molecule has 0 N–H and O–H groups in total. The van der Waals surface area contributed by atoms with E-state index in [0.717, 1.165) is 0 Å². The van der Waals surface area contributed by atoms with Crippen molar-refractivity contribution in [3.05, 3.63) is 70.2 Å². The molecule has 0 radical (unpaired) electrons. The van der Waals surface area contributed by atoms with E-state index in [-0.39, 0.29) is 23.8 Å². The Labute approximate surface area is 173 Å². The van der Waals surface area contributed by atoms with Crippen LogP contribution in [0.1, 0.15) is 28.1 Å². The Hall–Kier alpha value is -2.38. The third-order valence-electron chi connectivity index (χ3n) is 5.30. The Morgan fingerprint density at radius 1 is 1.28 bits per heavy atom. The third kappa shape index (κ3) is 3.89. The van der Waals surface area contributed by atoms with Crippen molar-refractivity contribution in [1.29, 1.82) is 0 Å². The average molecular weight is 436 g/mol. The summed E-state index contributed by atoms with van der Waals surface area (Å²) in [5.41, 5.74) is 1.45. The Morgan fingerprint density at radius 3 is 2.72 bits per heavy atom. The van der Waals surface area contributed by atoms with E-state index in [1.54, 1.807) is 43.3 Å².